The van der Waals surface area contributed by atoms with Gasteiger partial charge in [-0.3, -0.25) is 4.79 Å². The molecule has 0 radical (unpaired) electrons. The number of benzene rings is 1. The van der Waals surface area contributed by atoms with Gasteiger partial charge in [0, 0.05) is 31.9 Å². The van der Waals surface area contributed by atoms with E-state index in [1.165, 1.54) is 5.56 Å². The van der Waals surface area contributed by atoms with Crippen LogP contribution in [0.4, 0.5) is 5.69 Å². The number of carbonyl (C=O) groups is 1. The maximum Gasteiger partial charge on any atom is 0.248 e. The molecular weight excluding hydrogens is 431 g/mol. The Morgan fingerprint density at radius 1 is 1.36 bits per heavy atom. The van der Waals surface area contributed by atoms with Crippen LogP contribution in [0.1, 0.15) is 25.3 Å². The predicted molar refractivity (Wildman–Crippen MR) is 111 cm³/mol. The van der Waals surface area contributed by atoms with Gasteiger partial charge in [-0.25, -0.2) is 4.99 Å². The highest BCUT2D eigenvalue weighted by Gasteiger charge is 2.23. The number of nitrogens with one attached hydrogen (secondary N) is 2. The van der Waals surface area contributed by atoms with Crippen LogP contribution in [-0.4, -0.2) is 50.8 Å². The minimum Gasteiger partial charge on any atom is -0.376 e. The lowest BCUT2D eigenvalue weighted by Gasteiger charge is -2.17. The molecule has 0 saturated carbocycles. The third-order valence-corrected chi connectivity index (χ3v) is 4.43. The van der Waals surface area contributed by atoms with Crippen molar-refractivity contribution < 1.29 is 9.53 Å². The van der Waals surface area contributed by atoms with E-state index in [9.17, 15) is 4.79 Å². The molecule has 2 aliphatic rings. The van der Waals surface area contributed by atoms with Crippen molar-refractivity contribution in [3.8, 4) is 0 Å². The Bertz CT molecular complexity index is 602. The summed E-state index contributed by atoms with van der Waals surface area (Å²) in [7, 11) is 0. The highest BCUT2D eigenvalue weighted by Crippen LogP contribution is 2.27. The van der Waals surface area contributed by atoms with Gasteiger partial charge in [-0.1, -0.05) is 18.2 Å². The molecule has 6 nitrogen and oxygen atoms in total. The minimum absolute atomic E-state index is 0. The van der Waals surface area contributed by atoms with Gasteiger partial charge >= 0.3 is 0 Å². The lowest BCUT2D eigenvalue weighted by atomic mass is 10.2. The average Bonchev–Trinajstić information content (AvgIpc) is 3.26. The van der Waals surface area contributed by atoms with Gasteiger partial charge in [0.25, 0.3) is 0 Å². The van der Waals surface area contributed by atoms with Crippen molar-refractivity contribution in [2.45, 2.75) is 32.3 Å². The van der Waals surface area contributed by atoms with Crippen LogP contribution in [0.2, 0.25) is 0 Å². The molecule has 0 aromatic heterocycles. The first-order chi connectivity index (χ1) is 11.8. The molecule has 0 bridgehead atoms. The third-order valence-electron chi connectivity index (χ3n) is 4.43. The summed E-state index contributed by atoms with van der Waals surface area (Å²) in [6.07, 6.45) is 3.36. The molecule has 7 heteroatoms. The quantitative estimate of drug-likeness (QED) is 0.402. The van der Waals surface area contributed by atoms with Crippen molar-refractivity contribution in [1.29, 1.82) is 0 Å². The van der Waals surface area contributed by atoms with Crippen LogP contribution in [0.5, 0.6) is 0 Å². The van der Waals surface area contributed by atoms with Gasteiger partial charge in [0.15, 0.2) is 5.96 Å². The molecule has 2 heterocycles. The Hall–Kier alpha value is -1.35. The van der Waals surface area contributed by atoms with Crippen LogP contribution in [0, 0.1) is 0 Å². The molecule has 2 aliphatic heterocycles. The number of nitrogens with zero attached hydrogens (tertiary/aromatic N) is 2. The Morgan fingerprint density at radius 2 is 2.20 bits per heavy atom. The molecule has 0 aliphatic carbocycles. The fourth-order valence-electron chi connectivity index (χ4n) is 3.19. The molecule has 1 unspecified atom stereocenters. The fourth-order valence-corrected chi connectivity index (χ4v) is 3.19. The van der Waals surface area contributed by atoms with Crippen molar-refractivity contribution in [2.75, 3.05) is 37.7 Å². The molecule has 3 rings (SSSR count). The van der Waals surface area contributed by atoms with E-state index in [2.05, 4.69) is 21.7 Å². The largest absolute Gasteiger partial charge is 0.376 e. The number of carbonyl (C=O) groups excluding carboxylic acids is 1. The standard InChI is InChI=1S/C18H26N4O2.HI/c1-2-19-18(20-12-15-7-5-11-24-15)21-13-17(23)22-10-9-14-6-3-4-8-16(14)22;/h3-4,6,8,15H,2,5,7,9-13H2,1H3,(H2,19,20,21);1H. The predicted octanol–water partition coefficient (Wildman–Crippen LogP) is 1.93. The summed E-state index contributed by atoms with van der Waals surface area (Å²) in [6.45, 7) is 5.24. The molecule has 1 aromatic carbocycles. The highest BCUT2D eigenvalue weighted by atomic mass is 127. The smallest absolute Gasteiger partial charge is 0.248 e. The number of rotatable bonds is 5. The summed E-state index contributed by atoms with van der Waals surface area (Å²) in [5, 5.41) is 6.46. The third kappa shape index (κ3) is 5.31. The average molecular weight is 458 g/mol. The summed E-state index contributed by atoms with van der Waals surface area (Å²) in [6, 6.07) is 8.08. The maximum absolute atomic E-state index is 12.5. The number of hydrogen-bond acceptors (Lipinski definition) is 3. The molecule has 0 spiro atoms. The molecule has 1 fully saturated rings. The van der Waals surface area contributed by atoms with Gasteiger partial charge in [0.1, 0.15) is 6.54 Å². The highest BCUT2D eigenvalue weighted by molar-refractivity contribution is 14.0. The molecule has 1 saturated heterocycles. The zero-order chi connectivity index (χ0) is 16.8. The topological polar surface area (TPSA) is 66.0 Å². The number of halogens is 1. The van der Waals surface area contributed by atoms with Crippen LogP contribution in [0.25, 0.3) is 0 Å². The van der Waals surface area contributed by atoms with Crippen molar-refractivity contribution in [3.05, 3.63) is 29.8 Å². The Morgan fingerprint density at radius 3 is 2.96 bits per heavy atom. The summed E-state index contributed by atoms with van der Waals surface area (Å²) < 4.78 is 5.61. The van der Waals surface area contributed by atoms with Crippen molar-refractivity contribution in [2.24, 2.45) is 4.99 Å². The second kappa shape index (κ2) is 9.96. The van der Waals surface area contributed by atoms with E-state index < -0.39 is 0 Å². The summed E-state index contributed by atoms with van der Waals surface area (Å²) in [5.74, 6) is 0.711. The van der Waals surface area contributed by atoms with Crippen LogP contribution in [0.3, 0.4) is 0 Å². The van der Waals surface area contributed by atoms with Crippen LogP contribution >= 0.6 is 24.0 Å². The molecule has 2 N–H and O–H groups in total. The van der Waals surface area contributed by atoms with Gasteiger partial charge in [-0.2, -0.15) is 0 Å². The zero-order valence-corrected chi connectivity index (χ0v) is 17.0. The van der Waals surface area contributed by atoms with E-state index >= 15 is 0 Å². The van der Waals surface area contributed by atoms with Gasteiger partial charge < -0.3 is 20.3 Å². The van der Waals surface area contributed by atoms with Crippen LogP contribution < -0.4 is 15.5 Å². The number of hydrogen-bond donors (Lipinski definition) is 2. The molecule has 1 amide bonds. The number of para-hydroxylation sites is 1. The number of anilines is 1. The molecule has 1 atom stereocenters. The fraction of sp³-hybridized carbons (Fsp3) is 0.556. The van der Waals surface area contributed by atoms with Gasteiger partial charge in [0.05, 0.1) is 6.10 Å². The van der Waals surface area contributed by atoms with E-state index in [1.807, 2.05) is 30.0 Å². The summed E-state index contributed by atoms with van der Waals surface area (Å²) in [5.41, 5.74) is 2.26. The minimum atomic E-state index is 0. The van der Waals surface area contributed by atoms with E-state index in [0.29, 0.717) is 5.96 Å². The summed E-state index contributed by atoms with van der Waals surface area (Å²) in [4.78, 5) is 18.8. The maximum atomic E-state index is 12.5. The lowest BCUT2D eigenvalue weighted by molar-refractivity contribution is -0.117. The van der Waals surface area contributed by atoms with E-state index in [4.69, 9.17) is 4.74 Å². The molecular formula is C18H27IN4O2. The van der Waals surface area contributed by atoms with E-state index in [0.717, 1.165) is 51.2 Å². The Labute approximate surface area is 166 Å². The van der Waals surface area contributed by atoms with Gasteiger partial charge in [-0.15, -0.1) is 24.0 Å². The first-order valence-corrected chi connectivity index (χ1v) is 8.80. The van der Waals surface area contributed by atoms with E-state index in [-0.39, 0.29) is 42.5 Å². The van der Waals surface area contributed by atoms with Gasteiger partial charge in [0.2, 0.25) is 5.91 Å². The number of amides is 1. The zero-order valence-electron chi connectivity index (χ0n) is 14.7. The normalized spacial score (nSPS) is 19.3. The second-order valence-electron chi connectivity index (χ2n) is 6.14. The summed E-state index contributed by atoms with van der Waals surface area (Å²) >= 11 is 0. The van der Waals surface area contributed by atoms with Crippen molar-refractivity contribution in [3.63, 3.8) is 0 Å². The monoisotopic (exact) mass is 458 g/mol. The van der Waals surface area contributed by atoms with E-state index in [1.54, 1.807) is 0 Å². The number of fused-ring (bicyclic) bond motifs is 1. The number of aliphatic imine (C=N–C) groups is 1. The molecule has 138 valence electrons. The Balaban J connectivity index is 0.00000225. The van der Waals surface area contributed by atoms with Crippen molar-refractivity contribution in [1.82, 2.24) is 10.6 Å². The SMILES string of the molecule is CCNC(=NCC(=O)N1CCc2ccccc21)NCC1CCCO1.I. The van der Waals surface area contributed by atoms with Crippen molar-refractivity contribution >= 4 is 41.5 Å². The molecule has 25 heavy (non-hydrogen) atoms. The lowest BCUT2D eigenvalue weighted by Crippen LogP contribution is -2.42. The first kappa shape index (κ1) is 20.0. The Kier molecular flexibility index (Phi) is 7.95. The molecule has 1 aromatic rings. The number of ether oxygens (including phenoxy) is 1. The number of guanidine groups is 1. The first-order valence-electron chi connectivity index (χ1n) is 8.80. The second-order valence-corrected chi connectivity index (χ2v) is 6.14. The van der Waals surface area contributed by atoms with Gasteiger partial charge in [-0.05, 0) is 37.8 Å². The van der Waals surface area contributed by atoms with Crippen LogP contribution in [0.15, 0.2) is 29.3 Å². The van der Waals surface area contributed by atoms with Crippen LogP contribution in [-0.2, 0) is 16.0 Å².